The zero-order valence-electron chi connectivity index (χ0n) is 6.22. The zero-order valence-corrected chi connectivity index (χ0v) is 6.22. The summed E-state index contributed by atoms with van der Waals surface area (Å²) in [4.78, 5) is 13.1. The third-order valence-corrected chi connectivity index (χ3v) is 1.51. The molecular weight excluding hydrogens is 142 g/mol. The number of hydrogen-bond donors (Lipinski definition) is 2. The summed E-state index contributed by atoms with van der Waals surface area (Å²) in [5.41, 5.74) is 1.87. The lowest BCUT2D eigenvalue weighted by Gasteiger charge is -1.85. The van der Waals surface area contributed by atoms with Crippen molar-refractivity contribution in [2.24, 2.45) is 0 Å². The molecule has 1 heterocycles. The predicted octanol–water partition coefficient (Wildman–Crippen LogP) is 1.66. The van der Waals surface area contributed by atoms with Crippen molar-refractivity contribution >= 4 is 12.0 Å². The summed E-state index contributed by atoms with van der Waals surface area (Å²) < 4.78 is 0. The molecule has 0 amide bonds. The maximum Gasteiger partial charge on any atom is 0.352 e. The molecule has 0 saturated heterocycles. The fourth-order valence-electron chi connectivity index (χ4n) is 0.901. The van der Waals surface area contributed by atoms with Gasteiger partial charge in [-0.1, -0.05) is 12.7 Å². The Hall–Kier alpha value is -1.51. The van der Waals surface area contributed by atoms with Crippen molar-refractivity contribution in [2.75, 3.05) is 0 Å². The van der Waals surface area contributed by atoms with Crippen LogP contribution in [0.2, 0.25) is 0 Å². The third-order valence-electron chi connectivity index (χ3n) is 1.51. The summed E-state index contributed by atoms with van der Waals surface area (Å²) in [6.45, 7) is 5.36. The average molecular weight is 151 g/mol. The first kappa shape index (κ1) is 7.60. The smallest absolute Gasteiger partial charge is 0.352 e. The number of carboxylic acid groups (broad SMARTS) is 1. The Morgan fingerprint density at radius 3 is 2.73 bits per heavy atom. The van der Waals surface area contributed by atoms with E-state index in [1.54, 1.807) is 12.1 Å². The van der Waals surface area contributed by atoms with Gasteiger partial charge in [-0.15, -0.1) is 0 Å². The number of hydrogen-bond acceptors (Lipinski definition) is 1. The van der Waals surface area contributed by atoms with Gasteiger partial charge in [-0.2, -0.15) is 0 Å². The van der Waals surface area contributed by atoms with E-state index in [1.807, 2.05) is 6.92 Å². The first-order valence-corrected chi connectivity index (χ1v) is 3.20. The van der Waals surface area contributed by atoms with Crippen molar-refractivity contribution in [1.29, 1.82) is 0 Å². The minimum absolute atomic E-state index is 0.206. The van der Waals surface area contributed by atoms with Gasteiger partial charge in [0.2, 0.25) is 0 Å². The molecule has 0 aliphatic rings. The summed E-state index contributed by atoms with van der Waals surface area (Å²) in [5, 5.41) is 8.55. The van der Waals surface area contributed by atoms with E-state index >= 15 is 0 Å². The largest absolute Gasteiger partial charge is 0.477 e. The fourth-order valence-corrected chi connectivity index (χ4v) is 0.901. The first-order chi connectivity index (χ1) is 5.15. The number of aromatic amines is 1. The molecule has 58 valence electrons. The quantitative estimate of drug-likeness (QED) is 0.675. The molecule has 3 heteroatoms. The van der Waals surface area contributed by atoms with Gasteiger partial charge in [0.05, 0.1) is 0 Å². The van der Waals surface area contributed by atoms with Gasteiger partial charge >= 0.3 is 5.97 Å². The Morgan fingerprint density at radius 1 is 1.82 bits per heavy atom. The summed E-state index contributed by atoms with van der Waals surface area (Å²) >= 11 is 0. The number of aromatic nitrogens is 1. The lowest BCUT2D eigenvalue weighted by molar-refractivity contribution is 0.0691. The molecule has 1 rings (SSSR count). The van der Waals surface area contributed by atoms with Crippen molar-refractivity contribution in [2.45, 2.75) is 6.92 Å². The van der Waals surface area contributed by atoms with Gasteiger partial charge in [0, 0.05) is 5.69 Å². The molecule has 0 aliphatic heterocycles. The van der Waals surface area contributed by atoms with Gasteiger partial charge in [0.1, 0.15) is 5.69 Å². The van der Waals surface area contributed by atoms with Crippen molar-refractivity contribution in [1.82, 2.24) is 4.98 Å². The minimum atomic E-state index is -0.943. The second-order valence-electron chi connectivity index (χ2n) is 2.27. The van der Waals surface area contributed by atoms with Gasteiger partial charge in [0.15, 0.2) is 0 Å². The Bertz CT molecular complexity index is 299. The molecular formula is C8H9NO2. The standard InChI is InChI=1S/C8H9NO2/c1-3-6-4-7(8(10)11)9-5(6)2/h3-4,9H,1H2,2H3,(H,10,11). The van der Waals surface area contributed by atoms with Crippen LogP contribution in [0, 0.1) is 6.92 Å². The summed E-state index contributed by atoms with van der Waals surface area (Å²) in [6, 6.07) is 1.56. The molecule has 0 aromatic carbocycles. The zero-order chi connectivity index (χ0) is 8.43. The third kappa shape index (κ3) is 1.32. The van der Waals surface area contributed by atoms with Crippen molar-refractivity contribution in [3.63, 3.8) is 0 Å². The molecule has 0 radical (unpaired) electrons. The van der Waals surface area contributed by atoms with Crippen LogP contribution >= 0.6 is 0 Å². The van der Waals surface area contributed by atoms with E-state index in [9.17, 15) is 4.79 Å². The molecule has 1 aromatic heterocycles. The number of carbonyl (C=O) groups is 1. The predicted molar refractivity (Wildman–Crippen MR) is 42.6 cm³/mol. The number of nitrogens with one attached hydrogen (secondary N) is 1. The molecule has 0 spiro atoms. The lowest BCUT2D eigenvalue weighted by atomic mass is 10.2. The molecule has 0 unspecified atom stereocenters. The molecule has 11 heavy (non-hydrogen) atoms. The van der Waals surface area contributed by atoms with Crippen LogP contribution in [0.25, 0.3) is 6.08 Å². The van der Waals surface area contributed by atoms with Gasteiger partial charge in [-0.3, -0.25) is 0 Å². The Morgan fingerprint density at radius 2 is 2.45 bits per heavy atom. The van der Waals surface area contributed by atoms with Crippen LogP contribution in [-0.4, -0.2) is 16.1 Å². The highest BCUT2D eigenvalue weighted by atomic mass is 16.4. The number of rotatable bonds is 2. The number of aryl methyl sites for hydroxylation is 1. The highest BCUT2D eigenvalue weighted by Gasteiger charge is 2.06. The molecule has 0 fully saturated rings. The van der Waals surface area contributed by atoms with E-state index in [-0.39, 0.29) is 5.69 Å². The van der Waals surface area contributed by atoms with Crippen molar-refractivity contribution < 1.29 is 9.90 Å². The molecule has 2 N–H and O–H groups in total. The molecule has 0 bridgehead atoms. The lowest BCUT2D eigenvalue weighted by Crippen LogP contribution is -1.95. The number of carboxylic acids is 1. The van der Waals surface area contributed by atoms with E-state index in [0.717, 1.165) is 11.3 Å². The average Bonchev–Trinajstić information content (AvgIpc) is 2.31. The number of aromatic carboxylic acids is 1. The second-order valence-corrected chi connectivity index (χ2v) is 2.27. The van der Waals surface area contributed by atoms with Gasteiger partial charge in [-0.25, -0.2) is 4.79 Å². The van der Waals surface area contributed by atoms with Crippen LogP contribution in [0.3, 0.4) is 0 Å². The molecule has 0 aliphatic carbocycles. The van der Waals surface area contributed by atoms with E-state index in [0.29, 0.717) is 0 Å². The topological polar surface area (TPSA) is 53.1 Å². The van der Waals surface area contributed by atoms with Crippen LogP contribution < -0.4 is 0 Å². The van der Waals surface area contributed by atoms with E-state index in [1.165, 1.54) is 0 Å². The van der Waals surface area contributed by atoms with Gasteiger partial charge in [0.25, 0.3) is 0 Å². The number of H-pyrrole nitrogens is 1. The fraction of sp³-hybridized carbons (Fsp3) is 0.125. The molecule has 1 aromatic rings. The molecule has 3 nitrogen and oxygen atoms in total. The highest BCUT2D eigenvalue weighted by molar-refractivity contribution is 5.86. The Labute approximate surface area is 64.4 Å². The highest BCUT2D eigenvalue weighted by Crippen LogP contribution is 2.10. The van der Waals surface area contributed by atoms with E-state index in [4.69, 9.17) is 5.11 Å². The maximum atomic E-state index is 10.4. The SMILES string of the molecule is C=Cc1cc(C(=O)O)[nH]c1C. The second kappa shape index (κ2) is 2.62. The first-order valence-electron chi connectivity index (χ1n) is 3.20. The maximum absolute atomic E-state index is 10.4. The Balaban J connectivity index is 3.14. The van der Waals surface area contributed by atoms with E-state index < -0.39 is 5.97 Å². The van der Waals surface area contributed by atoms with E-state index in [2.05, 4.69) is 11.6 Å². The summed E-state index contributed by atoms with van der Waals surface area (Å²) in [6.07, 6.45) is 1.62. The van der Waals surface area contributed by atoms with Crippen LogP contribution in [0.4, 0.5) is 0 Å². The summed E-state index contributed by atoms with van der Waals surface area (Å²) in [5.74, 6) is -0.943. The molecule has 0 saturated carbocycles. The monoisotopic (exact) mass is 151 g/mol. The Kier molecular flexibility index (Phi) is 1.81. The van der Waals surface area contributed by atoms with Crippen molar-refractivity contribution in [3.05, 3.63) is 29.6 Å². The van der Waals surface area contributed by atoms with Crippen LogP contribution in [0.5, 0.6) is 0 Å². The van der Waals surface area contributed by atoms with Gasteiger partial charge in [-0.05, 0) is 18.6 Å². The molecule has 0 atom stereocenters. The van der Waals surface area contributed by atoms with Crippen molar-refractivity contribution in [3.8, 4) is 0 Å². The van der Waals surface area contributed by atoms with Crippen LogP contribution in [0.1, 0.15) is 21.7 Å². The van der Waals surface area contributed by atoms with Gasteiger partial charge < -0.3 is 10.1 Å². The normalized spacial score (nSPS) is 9.55. The van der Waals surface area contributed by atoms with Crippen LogP contribution in [0.15, 0.2) is 12.6 Å². The van der Waals surface area contributed by atoms with Crippen LogP contribution in [-0.2, 0) is 0 Å². The minimum Gasteiger partial charge on any atom is -0.477 e. The summed E-state index contributed by atoms with van der Waals surface area (Å²) in [7, 11) is 0.